The number of carbonyl (C=O) groups excluding carboxylic acids is 1. The molecule has 4 heterocycles. The molecular formula is C17H18N6O2. The molecule has 1 amide bonds. The highest BCUT2D eigenvalue weighted by Gasteiger charge is 2.30. The summed E-state index contributed by atoms with van der Waals surface area (Å²) in [5.74, 6) is -0.0545. The Hall–Kier alpha value is -2.87. The Morgan fingerprint density at radius 1 is 1.24 bits per heavy atom. The molecule has 0 N–H and O–H groups in total. The number of aromatic nitrogens is 5. The van der Waals surface area contributed by atoms with Crippen LogP contribution in [0.15, 0.2) is 43.2 Å². The average molecular weight is 338 g/mol. The molecule has 1 aliphatic rings. The first-order valence-corrected chi connectivity index (χ1v) is 8.25. The van der Waals surface area contributed by atoms with Crippen LogP contribution < -0.4 is 0 Å². The minimum atomic E-state index is -0.0545. The summed E-state index contributed by atoms with van der Waals surface area (Å²) in [6, 6.07) is 1.79. The van der Waals surface area contributed by atoms with E-state index in [1.807, 2.05) is 4.90 Å². The zero-order chi connectivity index (χ0) is 17.1. The normalized spacial score (nSPS) is 17.8. The number of ether oxygens (including phenoxy) is 1. The maximum absolute atomic E-state index is 13.0. The molecule has 0 unspecified atom stereocenters. The molecule has 0 saturated carbocycles. The number of rotatable bonds is 4. The summed E-state index contributed by atoms with van der Waals surface area (Å²) in [7, 11) is 0. The molecule has 128 valence electrons. The number of aryl methyl sites for hydroxylation is 1. The number of amides is 1. The Morgan fingerprint density at radius 3 is 3.08 bits per heavy atom. The van der Waals surface area contributed by atoms with E-state index in [2.05, 4.69) is 20.1 Å². The van der Waals surface area contributed by atoms with E-state index in [-0.39, 0.29) is 11.9 Å². The van der Waals surface area contributed by atoms with Crippen LogP contribution in [-0.2, 0) is 11.2 Å². The van der Waals surface area contributed by atoms with E-state index in [1.54, 1.807) is 47.8 Å². The van der Waals surface area contributed by atoms with Crippen LogP contribution in [0.5, 0.6) is 0 Å². The van der Waals surface area contributed by atoms with Crippen molar-refractivity contribution in [3.05, 3.63) is 54.5 Å². The van der Waals surface area contributed by atoms with E-state index in [9.17, 15) is 4.79 Å². The Morgan fingerprint density at radius 2 is 2.20 bits per heavy atom. The van der Waals surface area contributed by atoms with E-state index in [0.29, 0.717) is 31.0 Å². The molecule has 4 rings (SSSR count). The molecule has 1 atom stereocenters. The summed E-state index contributed by atoms with van der Waals surface area (Å²) in [4.78, 5) is 27.6. The topological polar surface area (TPSA) is 85.5 Å². The van der Waals surface area contributed by atoms with Crippen molar-refractivity contribution in [2.24, 2.45) is 0 Å². The van der Waals surface area contributed by atoms with Gasteiger partial charge in [0, 0.05) is 37.5 Å². The van der Waals surface area contributed by atoms with Crippen molar-refractivity contribution < 1.29 is 9.53 Å². The zero-order valence-electron chi connectivity index (χ0n) is 13.7. The minimum Gasteiger partial charge on any atom is -0.377 e. The van der Waals surface area contributed by atoms with E-state index in [1.165, 1.54) is 0 Å². The van der Waals surface area contributed by atoms with Gasteiger partial charge in [0.15, 0.2) is 5.65 Å². The molecule has 3 aromatic rings. The van der Waals surface area contributed by atoms with E-state index in [4.69, 9.17) is 4.74 Å². The van der Waals surface area contributed by atoms with Crippen LogP contribution in [0.25, 0.3) is 5.65 Å². The third kappa shape index (κ3) is 3.20. The molecule has 0 spiro atoms. The second-order valence-electron chi connectivity index (χ2n) is 5.91. The van der Waals surface area contributed by atoms with Crippen LogP contribution >= 0.6 is 0 Å². The predicted octanol–water partition coefficient (Wildman–Crippen LogP) is 0.993. The van der Waals surface area contributed by atoms with Crippen LogP contribution in [0.2, 0.25) is 0 Å². The molecule has 1 fully saturated rings. The third-order valence-corrected chi connectivity index (χ3v) is 4.35. The summed E-state index contributed by atoms with van der Waals surface area (Å²) in [6.45, 7) is 1.63. The van der Waals surface area contributed by atoms with Gasteiger partial charge in [-0.05, 0) is 18.9 Å². The van der Waals surface area contributed by atoms with Gasteiger partial charge in [-0.2, -0.15) is 5.10 Å². The lowest BCUT2D eigenvalue weighted by Gasteiger charge is -2.35. The summed E-state index contributed by atoms with van der Waals surface area (Å²) in [5.41, 5.74) is 2.01. The van der Waals surface area contributed by atoms with Gasteiger partial charge in [-0.25, -0.2) is 9.50 Å². The SMILES string of the molecule is O=C(c1cnn2cccnc12)N1CCOC[C@H]1CCc1cnccn1. The quantitative estimate of drug-likeness (QED) is 0.705. The largest absolute Gasteiger partial charge is 0.377 e. The fourth-order valence-corrected chi connectivity index (χ4v) is 3.07. The van der Waals surface area contributed by atoms with Crippen molar-refractivity contribution in [1.82, 2.24) is 29.5 Å². The van der Waals surface area contributed by atoms with Gasteiger partial charge in [-0.1, -0.05) is 0 Å². The van der Waals surface area contributed by atoms with Crippen LogP contribution in [0.3, 0.4) is 0 Å². The number of hydrogen-bond acceptors (Lipinski definition) is 6. The molecule has 3 aromatic heterocycles. The Balaban J connectivity index is 1.53. The molecule has 25 heavy (non-hydrogen) atoms. The minimum absolute atomic E-state index is 0.00178. The molecule has 0 radical (unpaired) electrons. The lowest BCUT2D eigenvalue weighted by Crippen LogP contribution is -2.48. The molecule has 0 aromatic carbocycles. The Bertz CT molecular complexity index is 866. The number of carbonyl (C=O) groups is 1. The maximum Gasteiger partial charge on any atom is 0.259 e. The van der Waals surface area contributed by atoms with Gasteiger partial charge in [0.05, 0.1) is 31.1 Å². The zero-order valence-corrected chi connectivity index (χ0v) is 13.7. The van der Waals surface area contributed by atoms with Crippen LogP contribution in [-0.4, -0.2) is 61.2 Å². The number of nitrogens with zero attached hydrogens (tertiary/aromatic N) is 6. The Kier molecular flexibility index (Phi) is 4.34. The first-order chi connectivity index (χ1) is 12.3. The second kappa shape index (κ2) is 6.94. The predicted molar refractivity (Wildman–Crippen MR) is 89.0 cm³/mol. The monoisotopic (exact) mass is 338 g/mol. The number of hydrogen-bond donors (Lipinski definition) is 0. The van der Waals surface area contributed by atoms with Gasteiger partial charge >= 0.3 is 0 Å². The van der Waals surface area contributed by atoms with Crippen LogP contribution in [0, 0.1) is 0 Å². The van der Waals surface area contributed by atoms with E-state index in [0.717, 1.165) is 18.5 Å². The third-order valence-electron chi connectivity index (χ3n) is 4.35. The van der Waals surface area contributed by atoms with Gasteiger partial charge in [-0.15, -0.1) is 0 Å². The second-order valence-corrected chi connectivity index (χ2v) is 5.91. The van der Waals surface area contributed by atoms with Gasteiger partial charge < -0.3 is 9.64 Å². The van der Waals surface area contributed by atoms with Crippen LogP contribution in [0.1, 0.15) is 22.5 Å². The van der Waals surface area contributed by atoms with Crippen molar-refractivity contribution in [2.45, 2.75) is 18.9 Å². The highest BCUT2D eigenvalue weighted by molar-refractivity contribution is 5.99. The van der Waals surface area contributed by atoms with Crippen molar-refractivity contribution in [3.63, 3.8) is 0 Å². The molecule has 0 aliphatic carbocycles. The molecule has 1 aliphatic heterocycles. The fourth-order valence-electron chi connectivity index (χ4n) is 3.07. The lowest BCUT2D eigenvalue weighted by atomic mass is 10.1. The smallest absolute Gasteiger partial charge is 0.259 e. The molecule has 1 saturated heterocycles. The Labute approximate surface area is 144 Å². The summed E-state index contributed by atoms with van der Waals surface area (Å²) < 4.78 is 7.20. The van der Waals surface area contributed by atoms with E-state index < -0.39 is 0 Å². The van der Waals surface area contributed by atoms with Crippen molar-refractivity contribution in [2.75, 3.05) is 19.8 Å². The van der Waals surface area contributed by atoms with Gasteiger partial charge in [0.25, 0.3) is 5.91 Å². The highest BCUT2D eigenvalue weighted by atomic mass is 16.5. The number of morpholine rings is 1. The standard InChI is InChI=1S/C17H18N6O2/c24-17(15-11-21-23-7-1-4-20-16(15)23)22-8-9-25-12-14(22)3-2-13-10-18-5-6-19-13/h1,4-7,10-11,14H,2-3,8-9,12H2/t14-/m1/s1. The summed E-state index contributed by atoms with van der Waals surface area (Å²) in [5, 5.41) is 4.21. The van der Waals surface area contributed by atoms with Crippen molar-refractivity contribution >= 4 is 11.6 Å². The summed E-state index contributed by atoms with van der Waals surface area (Å²) in [6.07, 6.45) is 11.6. The van der Waals surface area contributed by atoms with Crippen molar-refractivity contribution in [1.29, 1.82) is 0 Å². The first-order valence-electron chi connectivity index (χ1n) is 8.25. The fraction of sp³-hybridized carbons (Fsp3) is 0.353. The van der Waals surface area contributed by atoms with Gasteiger partial charge in [0.1, 0.15) is 5.56 Å². The molecule has 0 bridgehead atoms. The first kappa shape index (κ1) is 15.6. The highest BCUT2D eigenvalue weighted by Crippen LogP contribution is 2.18. The average Bonchev–Trinajstić information content (AvgIpc) is 3.11. The maximum atomic E-state index is 13.0. The summed E-state index contributed by atoms with van der Waals surface area (Å²) >= 11 is 0. The van der Waals surface area contributed by atoms with E-state index >= 15 is 0 Å². The van der Waals surface area contributed by atoms with Crippen molar-refractivity contribution in [3.8, 4) is 0 Å². The molecular weight excluding hydrogens is 320 g/mol. The van der Waals surface area contributed by atoms with Gasteiger partial charge in [0.2, 0.25) is 0 Å². The molecule has 8 heteroatoms. The van der Waals surface area contributed by atoms with Crippen LogP contribution in [0.4, 0.5) is 0 Å². The van der Waals surface area contributed by atoms with Gasteiger partial charge in [-0.3, -0.25) is 14.8 Å². The molecule has 8 nitrogen and oxygen atoms in total. The number of fused-ring (bicyclic) bond motifs is 1. The lowest BCUT2D eigenvalue weighted by molar-refractivity contribution is -0.00404.